The molecule has 3 fully saturated rings. The van der Waals surface area contributed by atoms with Crippen molar-refractivity contribution in [3.63, 3.8) is 0 Å². The lowest BCUT2D eigenvalue weighted by Gasteiger charge is -2.19. The van der Waals surface area contributed by atoms with Gasteiger partial charge in [0.05, 0.1) is 19.3 Å². The summed E-state index contributed by atoms with van der Waals surface area (Å²) in [4.78, 5) is 25.1. The fourth-order valence-electron chi connectivity index (χ4n) is 2.54. The van der Waals surface area contributed by atoms with Crippen LogP contribution in [0.4, 0.5) is 4.79 Å². The molecule has 2 saturated heterocycles. The molecule has 5 heteroatoms. The molecule has 3 amide bonds. The molecule has 0 unspecified atom stereocenters. The van der Waals surface area contributed by atoms with Gasteiger partial charge in [0, 0.05) is 0 Å². The first-order chi connectivity index (χ1) is 7.21. The Hall–Kier alpha value is -1.10. The molecule has 0 aromatic carbocycles. The maximum atomic E-state index is 12.1. The summed E-state index contributed by atoms with van der Waals surface area (Å²) in [6.45, 7) is 1.09. The number of rotatable bonds is 2. The van der Waals surface area contributed by atoms with Gasteiger partial charge < -0.3 is 10.1 Å². The van der Waals surface area contributed by atoms with Crippen molar-refractivity contribution in [1.29, 1.82) is 0 Å². The molecule has 1 saturated carbocycles. The summed E-state index contributed by atoms with van der Waals surface area (Å²) in [6.07, 6.45) is 3.72. The fraction of sp³-hybridized carbons (Fsp3) is 0.800. The van der Waals surface area contributed by atoms with E-state index in [-0.39, 0.29) is 18.0 Å². The van der Waals surface area contributed by atoms with Crippen molar-refractivity contribution in [2.45, 2.75) is 37.3 Å². The molecule has 5 nitrogen and oxygen atoms in total. The Morgan fingerprint density at radius 2 is 2.07 bits per heavy atom. The lowest BCUT2D eigenvalue weighted by molar-refractivity contribution is -0.131. The Bertz CT molecular complexity index is 319. The number of nitrogens with one attached hydrogen (secondary N) is 1. The van der Waals surface area contributed by atoms with Gasteiger partial charge in [-0.05, 0) is 12.8 Å². The molecule has 1 aliphatic carbocycles. The molecule has 0 radical (unpaired) electrons. The van der Waals surface area contributed by atoms with Crippen LogP contribution in [-0.4, -0.2) is 41.6 Å². The maximum absolute atomic E-state index is 12.1. The van der Waals surface area contributed by atoms with E-state index in [1.54, 1.807) is 0 Å². The van der Waals surface area contributed by atoms with E-state index in [1.807, 2.05) is 0 Å². The number of amides is 3. The molecular weight excluding hydrogens is 196 g/mol. The summed E-state index contributed by atoms with van der Waals surface area (Å²) in [5.74, 6) is -0.0412. The van der Waals surface area contributed by atoms with Gasteiger partial charge in [-0.1, -0.05) is 12.8 Å². The van der Waals surface area contributed by atoms with Crippen LogP contribution in [0.25, 0.3) is 0 Å². The summed E-state index contributed by atoms with van der Waals surface area (Å²) < 4.78 is 5.04. The van der Waals surface area contributed by atoms with Crippen molar-refractivity contribution >= 4 is 11.9 Å². The van der Waals surface area contributed by atoms with Gasteiger partial charge in [-0.25, -0.2) is 4.79 Å². The van der Waals surface area contributed by atoms with E-state index in [1.165, 1.54) is 4.90 Å². The van der Waals surface area contributed by atoms with Gasteiger partial charge in [-0.15, -0.1) is 0 Å². The number of urea groups is 1. The van der Waals surface area contributed by atoms with Crippen LogP contribution in [0.2, 0.25) is 0 Å². The smallest absolute Gasteiger partial charge is 0.325 e. The minimum Gasteiger partial charge on any atom is -0.371 e. The highest BCUT2D eigenvalue weighted by Crippen LogP contribution is 2.35. The second kappa shape index (κ2) is 2.95. The van der Waals surface area contributed by atoms with Gasteiger partial charge in [-0.2, -0.15) is 0 Å². The van der Waals surface area contributed by atoms with Crippen LogP contribution in [0.1, 0.15) is 25.7 Å². The van der Waals surface area contributed by atoms with Gasteiger partial charge in [0.1, 0.15) is 5.54 Å². The van der Waals surface area contributed by atoms with Crippen molar-refractivity contribution in [2.24, 2.45) is 0 Å². The standard InChI is InChI=1S/C10H14N2O3/c13-8-10(3-1-2-4-10)11-9(14)12(8)5-7-6-15-7/h7H,1-6H2,(H,11,14)/t7-/m1/s1. The number of carbonyl (C=O) groups excluding carboxylic acids is 2. The zero-order valence-electron chi connectivity index (χ0n) is 8.49. The van der Waals surface area contributed by atoms with Crippen molar-refractivity contribution in [2.75, 3.05) is 13.2 Å². The Labute approximate surface area is 87.8 Å². The average Bonchev–Trinajstić information content (AvgIpc) is 2.87. The zero-order valence-corrected chi connectivity index (χ0v) is 8.49. The first-order valence-electron chi connectivity index (χ1n) is 5.47. The third-order valence-corrected chi connectivity index (χ3v) is 3.49. The van der Waals surface area contributed by atoms with E-state index >= 15 is 0 Å². The van der Waals surface area contributed by atoms with Crippen molar-refractivity contribution in [1.82, 2.24) is 10.2 Å². The fourth-order valence-corrected chi connectivity index (χ4v) is 2.54. The highest BCUT2D eigenvalue weighted by molar-refractivity contribution is 6.07. The van der Waals surface area contributed by atoms with E-state index in [0.29, 0.717) is 13.2 Å². The highest BCUT2D eigenvalue weighted by atomic mass is 16.6. The normalized spacial score (nSPS) is 32.5. The molecule has 0 bridgehead atoms. The third kappa shape index (κ3) is 1.33. The van der Waals surface area contributed by atoms with Gasteiger partial charge in [0.25, 0.3) is 5.91 Å². The van der Waals surface area contributed by atoms with Gasteiger partial charge in [-0.3, -0.25) is 9.69 Å². The number of imide groups is 1. The van der Waals surface area contributed by atoms with Crippen LogP contribution in [0, 0.1) is 0 Å². The van der Waals surface area contributed by atoms with Crippen LogP contribution in [0.5, 0.6) is 0 Å². The number of nitrogens with zero attached hydrogens (tertiary/aromatic N) is 1. The summed E-state index contributed by atoms with van der Waals surface area (Å²) in [5, 5.41) is 2.84. The maximum Gasteiger partial charge on any atom is 0.325 e. The molecule has 2 aliphatic heterocycles. The van der Waals surface area contributed by atoms with E-state index in [4.69, 9.17) is 4.74 Å². The van der Waals surface area contributed by atoms with Crippen molar-refractivity contribution in [3.05, 3.63) is 0 Å². The van der Waals surface area contributed by atoms with Crippen LogP contribution in [0.3, 0.4) is 0 Å². The quantitative estimate of drug-likeness (QED) is 0.525. The number of ether oxygens (including phenoxy) is 1. The highest BCUT2D eigenvalue weighted by Gasteiger charge is 2.53. The molecule has 82 valence electrons. The zero-order chi connectivity index (χ0) is 10.5. The second-order valence-corrected chi connectivity index (χ2v) is 4.59. The first-order valence-corrected chi connectivity index (χ1v) is 5.47. The largest absolute Gasteiger partial charge is 0.371 e. The molecule has 0 aromatic rings. The summed E-state index contributed by atoms with van der Waals surface area (Å²) >= 11 is 0. The monoisotopic (exact) mass is 210 g/mol. The molecule has 3 rings (SSSR count). The Kier molecular flexibility index (Phi) is 1.80. The van der Waals surface area contributed by atoms with Crippen LogP contribution in [0.15, 0.2) is 0 Å². The van der Waals surface area contributed by atoms with E-state index in [2.05, 4.69) is 5.32 Å². The van der Waals surface area contributed by atoms with Gasteiger partial charge in [0.15, 0.2) is 0 Å². The Balaban J connectivity index is 1.79. The van der Waals surface area contributed by atoms with Gasteiger partial charge in [0.2, 0.25) is 0 Å². The average molecular weight is 210 g/mol. The van der Waals surface area contributed by atoms with Crippen molar-refractivity contribution in [3.8, 4) is 0 Å². The lowest BCUT2D eigenvalue weighted by Crippen LogP contribution is -2.44. The second-order valence-electron chi connectivity index (χ2n) is 4.59. The molecule has 2 heterocycles. The van der Waals surface area contributed by atoms with E-state index in [0.717, 1.165) is 25.7 Å². The van der Waals surface area contributed by atoms with Crippen LogP contribution in [-0.2, 0) is 9.53 Å². The third-order valence-electron chi connectivity index (χ3n) is 3.49. The SMILES string of the molecule is O=C1NC2(CCCC2)C(=O)N1C[C@@H]1CO1. The summed E-state index contributed by atoms with van der Waals surface area (Å²) in [6, 6.07) is -0.239. The number of carbonyl (C=O) groups is 2. The molecule has 15 heavy (non-hydrogen) atoms. The Morgan fingerprint density at radius 3 is 2.67 bits per heavy atom. The van der Waals surface area contributed by atoms with Crippen LogP contribution >= 0.6 is 0 Å². The summed E-state index contributed by atoms with van der Waals surface area (Å²) in [7, 11) is 0. The number of epoxide rings is 1. The Morgan fingerprint density at radius 1 is 1.40 bits per heavy atom. The van der Waals surface area contributed by atoms with Gasteiger partial charge >= 0.3 is 6.03 Å². The van der Waals surface area contributed by atoms with E-state index < -0.39 is 5.54 Å². The number of hydrogen-bond donors (Lipinski definition) is 1. The lowest BCUT2D eigenvalue weighted by atomic mass is 9.98. The van der Waals surface area contributed by atoms with Crippen LogP contribution < -0.4 is 5.32 Å². The van der Waals surface area contributed by atoms with Crippen molar-refractivity contribution < 1.29 is 14.3 Å². The number of hydrogen-bond acceptors (Lipinski definition) is 3. The topological polar surface area (TPSA) is 61.9 Å². The summed E-state index contributed by atoms with van der Waals surface area (Å²) in [5.41, 5.74) is -0.564. The molecule has 1 N–H and O–H groups in total. The predicted molar refractivity (Wildman–Crippen MR) is 51.2 cm³/mol. The first kappa shape index (κ1) is 9.15. The molecule has 1 atom stereocenters. The molecule has 3 aliphatic rings. The minimum atomic E-state index is -0.564. The molecule has 1 spiro atoms. The van der Waals surface area contributed by atoms with E-state index in [9.17, 15) is 9.59 Å². The predicted octanol–water partition coefficient (Wildman–Crippen LogP) is 0.250. The molecule has 0 aromatic heterocycles. The molecular formula is C10H14N2O3. The minimum absolute atomic E-state index is 0.0412.